The van der Waals surface area contributed by atoms with Gasteiger partial charge in [-0.05, 0) is 17.7 Å². The van der Waals surface area contributed by atoms with Crippen molar-refractivity contribution in [2.45, 2.75) is 31.1 Å². The van der Waals surface area contributed by atoms with E-state index in [4.69, 9.17) is 19.4 Å². The standard InChI is InChI=1S/C25H26N6O5/c1-26-24(34)20-18(32)19(33)25(36-20)31-13-28-17-22(27-12-14-8-4-3-5-9-14)29-21(30-23(17)31)15-10-6-7-11-16(15)35-2/h3-11,13,18-20,25,32-33H,12H2,1-2H3,(H,26,34)(H,27,29,30)/t18?,19?,20-,25?/m1/s1. The number of benzene rings is 2. The SMILES string of the molecule is CNC(=O)[C@@H]1OC(n2cnc3c(NCc4ccccc4)nc(-c4ccccc4OC)nc32)C(O)C1O. The molecule has 4 atom stereocenters. The van der Waals surface area contributed by atoms with E-state index in [9.17, 15) is 15.0 Å². The van der Waals surface area contributed by atoms with Crippen molar-refractivity contribution >= 4 is 22.9 Å². The van der Waals surface area contributed by atoms with Gasteiger partial charge in [-0.3, -0.25) is 9.36 Å². The normalized spacial score (nSPS) is 21.4. The van der Waals surface area contributed by atoms with Crippen LogP contribution in [0, 0.1) is 0 Å². The van der Waals surface area contributed by atoms with Crippen LogP contribution in [0.25, 0.3) is 22.6 Å². The first kappa shape index (κ1) is 23.7. The summed E-state index contributed by atoms with van der Waals surface area (Å²) >= 11 is 0. The van der Waals surface area contributed by atoms with Crippen LogP contribution in [0.3, 0.4) is 0 Å². The second-order valence-electron chi connectivity index (χ2n) is 8.30. The summed E-state index contributed by atoms with van der Waals surface area (Å²) in [5.74, 6) is 0.889. The third-order valence-electron chi connectivity index (χ3n) is 6.09. The summed E-state index contributed by atoms with van der Waals surface area (Å²) in [5, 5.41) is 26.9. The number of aliphatic hydroxyl groups is 2. The van der Waals surface area contributed by atoms with Crippen LogP contribution < -0.4 is 15.4 Å². The van der Waals surface area contributed by atoms with Crippen molar-refractivity contribution in [3.63, 3.8) is 0 Å². The van der Waals surface area contributed by atoms with Gasteiger partial charge in [-0.25, -0.2) is 15.0 Å². The molecule has 0 spiro atoms. The quantitative estimate of drug-likeness (QED) is 0.303. The number of methoxy groups -OCH3 is 1. The van der Waals surface area contributed by atoms with E-state index in [1.54, 1.807) is 7.11 Å². The summed E-state index contributed by atoms with van der Waals surface area (Å²) in [6.07, 6.45) is -3.67. The number of nitrogens with zero attached hydrogens (tertiary/aromatic N) is 4. The molecule has 0 bridgehead atoms. The molecular weight excluding hydrogens is 464 g/mol. The van der Waals surface area contributed by atoms with Gasteiger partial charge < -0.3 is 30.3 Å². The van der Waals surface area contributed by atoms with E-state index >= 15 is 0 Å². The number of nitrogens with one attached hydrogen (secondary N) is 2. The molecule has 1 fully saturated rings. The number of para-hydroxylation sites is 1. The molecule has 4 N–H and O–H groups in total. The maximum absolute atomic E-state index is 12.2. The van der Waals surface area contributed by atoms with Crippen LogP contribution in [-0.4, -0.2) is 68.1 Å². The van der Waals surface area contributed by atoms with Crippen LogP contribution in [0.15, 0.2) is 60.9 Å². The van der Waals surface area contributed by atoms with Crippen molar-refractivity contribution in [1.29, 1.82) is 0 Å². The first-order valence-corrected chi connectivity index (χ1v) is 11.4. The second kappa shape index (κ2) is 9.90. The first-order chi connectivity index (χ1) is 17.5. The van der Waals surface area contributed by atoms with E-state index < -0.39 is 30.4 Å². The molecule has 0 saturated carbocycles. The van der Waals surface area contributed by atoms with Crippen molar-refractivity contribution in [1.82, 2.24) is 24.8 Å². The van der Waals surface area contributed by atoms with E-state index in [-0.39, 0.29) is 0 Å². The Labute approximate surface area is 206 Å². The number of ether oxygens (including phenoxy) is 2. The van der Waals surface area contributed by atoms with Crippen molar-refractivity contribution in [3.8, 4) is 17.1 Å². The van der Waals surface area contributed by atoms with Gasteiger partial charge in [0.2, 0.25) is 0 Å². The van der Waals surface area contributed by atoms with Crippen LogP contribution >= 0.6 is 0 Å². The third-order valence-corrected chi connectivity index (χ3v) is 6.09. The number of aliphatic hydroxyl groups excluding tert-OH is 2. The van der Waals surface area contributed by atoms with Crippen molar-refractivity contribution < 1.29 is 24.5 Å². The molecule has 2 aromatic carbocycles. The summed E-state index contributed by atoms with van der Waals surface area (Å²) < 4.78 is 12.8. The topological polar surface area (TPSA) is 144 Å². The highest BCUT2D eigenvalue weighted by Crippen LogP contribution is 2.35. The Morgan fingerprint density at radius 3 is 2.58 bits per heavy atom. The minimum absolute atomic E-state index is 0.357. The number of carbonyl (C=O) groups is 1. The molecule has 11 nitrogen and oxygen atoms in total. The summed E-state index contributed by atoms with van der Waals surface area (Å²) in [7, 11) is 3.00. The third kappa shape index (κ3) is 4.24. The predicted octanol–water partition coefficient (Wildman–Crippen LogP) is 1.48. The Balaban J connectivity index is 1.61. The summed E-state index contributed by atoms with van der Waals surface area (Å²) in [4.78, 5) is 26.1. The number of hydrogen-bond donors (Lipinski definition) is 4. The molecule has 3 heterocycles. The molecule has 0 radical (unpaired) electrons. The van der Waals surface area contributed by atoms with Crippen LogP contribution in [0.2, 0.25) is 0 Å². The van der Waals surface area contributed by atoms with Crippen LogP contribution in [0.4, 0.5) is 5.82 Å². The summed E-state index contributed by atoms with van der Waals surface area (Å²) in [5.41, 5.74) is 2.51. The molecule has 11 heteroatoms. The van der Waals surface area contributed by atoms with Crippen LogP contribution in [0.5, 0.6) is 5.75 Å². The van der Waals surface area contributed by atoms with Gasteiger partial charge in [0.25, 0.3) is 5.91 Å². The van der Waals surface area contributed by atoms with E-state index in [1.165, 1.54) is 17.9 Å². The lowest BCUT2D eigenvalue weighted by atomic mass is 10.1. The average Bonchev–Trinajstić information content (AvgIpc) is 3.47. The number of fused-ring (bicyclic) bond motifs is 1. The molecule has 1 amide bonds. The van der Waals surface area contributed by atoms with Gasteiger partial charge in [-0.2, -0.15) is 0 Å². The van der Waals surface area contributed by atoms with Crippen LogP contribution in [0.1, 0.15) is 11.8 Å². The Kier molecular flexibility index (Phi) is 6.51. The monoisotopic (exact) mass is 490 g/mol. The Morgan fingerprint density at radius 2 is 1.83 bits per heavy atom. The summed E-state index contributed by atoms with van der Waals surface area (Å²) in [6.45, 7) is 0.491. The largest absolute Gasteiger partial charge is 0.496 e. The first-order valence-electron chi connectivity index (χ1n) is 11.4. The number of hydrogen-bond acceptors (Lipinski definition) is 9. The maximum atomic E-state index is 12.2. The Hall–Kier alpha value is -4.06. The molecule has 5 rings (SSSR count). The average molecular weight is 491 g/mol. The maximum Gasteiger partial charge on any atom is 0.251 e. The lowest BCUT2D eigenvalue weighted by Crippen LogP contribution is -2.41. The van der Waals surface area contributed by atoms with Gasteiger partial charge >= 0.3 is 0 Å². The van der Waals surface area contributed by atoms with Gasteiger partial charge in [-0.15, -0.1) is 0 Å². The van der Waals surface area contributed by atoms with Crippen molar-refractivity contribution in [3.05, 3.63) is 66.5 Å². The fourth-order valence-corrected chi connectivity index (χ4v) is 4.21. The number of rotatable bonds is 7. The molecule has 2 aromatic heterocycles. The number of aromatic nitrogens is 4. The van der Waals surface area contributed by atoms with Gasteiger partial charge in [0.05, 0.1) is 19.0 Å². The number of imidazole rings is 1. The van der Waals surface area contributed by atoms with Crippen molar-refractivity contribution in [2.24, 2.45) is 0 Å². The molecule has 36 heavy (non-hydrogen) atoms. The minimum atomic E-state index is -1.42. The smallest absolute Gasteiger partial charge is 0.251 e. The lowest BCUT2D eigenvalue weighted by Gasteiger charge is -2.17. The number of anilines is 1. The Morgan fingerprint density at radius 1 is 1.08 bits per heavy atom. The molecule has 1 aliphatic heterocycles. The predicted molar refractivity (Wildman–Crippen MR) is 131 cm³/mol. The molecule has 186 valence electrons. The zero-order chi connectivity index (χ0) is 25.2. The van der Waals surface area contributed by atoms with E-state index in [0.717, 1.165) is 5.56 Å². The molecule has 4 aromatic rings. The fraction of sp³-hybridized carbons (Fsp3) is 0.280. The molecule has 3 unspecified atom stereocenters. The van der Waals surface area contributed by atoms with E-state index in [1.807, 2.05) is 54.6 Å². The molecule has 0 aliphatic carbocycles. The lowest BCUT2D eigenvalue weighted by molar-refractivity contribution is -0.137. The minimum Gasteiger partial charge on any atom is -0.496 e. The van der Waals surface area contributed by atoms with Gasteiger partial charge in [0, 0.05) is 13.6 Å². The zero-order valence-corrected chi connectivity index (χ0v) is 19.7. The second-order valence-corrected chi connectivity index (χ2v) is 8.30. The highest BCUT2D eigenvalue weighted by Gasteiger charge is 2.47. The van der Waals surface area contributed by atoms with Gasteiger partial charge in [0.1, 0.15) is 18.0 Å². The van der Waals surface area contributed by atoms with E-state index in [0.29, 0.717) is 40.7 Å². The van der Waals surface area contributed by atoms with E-state index in [2.05, 4.69) is 15.6 Å². The number of likely N-dealkylation sites (N-methyl/N-ethyl adjacent to an activating group) is 1. The Bertz CT molecular complexity index is 1380. The molecule has 1 saturated heterocycles. The van der Waals surface area contributed by atoms with Gasteiger partial charge in [0.15, 0.2) is 35.1 Å². The van der Waals surface area contributed by atoms with Gasteiger partial charge in [-0.1, -0.05) is 42.5 Å². The highest BCUT2D eigenvalue weighted by atomic mass is 16.6. The number of amides is 1. The number of carbonyl (C=O) groups excluding carboxylic acids is 1. The van der Waals surface area contributed by atoms with Crippen LogP contribution in [-0.2, 0) is 16.1 Å². The summed E-state index contributed by atoms with van der Waals surface area (Å²) in [6, 6.07) is 17.2. The highest BCUT2D eigenvalue weighted by molar-refractivity contribution is 5.86. The molecular formula is C25H26N6O5. The zero-order valence-electron chi connectivity index (χ0n) is 19.7. The van der Waals surface area contributed by atoms with Crippen molar-refractivity contribution in [2.75, 3.05) is 19.5 Å². The fourth-order valence-electron chi connectivity index (χ4n) is 4.21. The molecule has 1 aliphatic rings.